The van der Waals surface area contributed by atoms with Crippen LogP contribution in [-0.4, -0.2) is 35.3 Å². The Morgan fingerprint density at radius 1 is 1.70 bits per heavy atom. The first-order valence-electron chi connectivity index (χ1n) is 3.45. The van der Waals surface area contributed by atoms with Crippen molar-refractivity contribution in [2.75, 3.05) is 13.2 Å². The summed E-state index contributed by atoms with van der Waals surface area (Å²) >= 11 is 4.87. The fourth-order valence-corrected chi connectivity index (χ4v) is 1.89. The van der Waals surface area contributed by atoms with Gasteiger partial charge in [-0.1, -0.05) is 0 Å². The molecule has 2 aliphatic rings. The van der Waals surface area contributed by atoms with Crippen LogP contribution in [-0.2, 0) is 4.74 Å². The van der Waals surface area contributed by atoms with Crippen molar-refractivity contribution in [3.05, 3.63) is 0 Å². The molecule has 2 aliphatic heterocycles. The first-order valence-corrected chi connectivity index (χ1v) is 3.86. The van der Waals surface area contributed by atoms with Crippen molar-refractivity contribution in [2.24, 2.45) is 5.73 Å². The quantitative estimate of drug-likeness (QED) is 0.491. The molecule has 0 aromatic heterocycles. The maximum absolute atomic E-state index is 5.49. The standard InChI is InChI=1S/C6H10N2OS/c7-6(10)8-2-5-1-4(8)3-9-5/h4-5H,1-3H2,(H2,7,10)/t4-,5+/m1/s1. The smallest absolute Gasteiger partial charge is 0.166 e. The van der Waals surface area contributed by atoms with E-state index in [1.807, 2.05) is 0 Å². The molecule has 0 aliphatic carbocycles. The summed E-state index contributed by atoms with van der Waals surface area (Å²) in [5, 5.41) is 0.524. The zero-order valence-electron chi connectivity index (χ0n) is 5.62. The van der Waals surface area contributed by atoms with E-state index >= 15 is 0 Å². The number of nitrogens with two attached hydrogens (primary N) is 1. The number of rotatable bonds is 0. The average Bonchev–Trinajstić information content (AvgIpc) is 2.44. The molecule has 0 saturated carbocycles. The molecule has 2 N–H and O–H groups in total. The summed E-state index contributed by atoms with van der Waals surface area (Å²) in [5.74, 6) is 0. The Morgan fingerprint density at radius 2 is 2.50 bits per heavy atom. The molecule has 0 aromatic carbocycles. The lowest BCUT2D eigenvalue weighted by Gasteiger charge is -2.26. The summed E-state index contributed by atoms with van der Waals surface area (Å²) in [6, 6.07) is 0.475. The fraction of sp³-hybridized carbons (Fsp3) is 0.833. The molecular weight excluding hydrogens is 148 g/mol. The molecule has 2 atom stereocenters. The molecule has 10 heavy (non-hydrogen) atoms. The molecule has 2 fully saturated rings. The van der Waals surface area contributed by atoms with Gasteiger partial charge in [0.1, 0.15) is 0 Å². The van der Waals surface area contributed by atoms with Gasteiger partial charge in [0, 0.05) is 6.54 Å². The van der Waals surface area contributed by atoms with Crippen LogP contribution in [0.5, 0.6) is 0 Å². The third-order valence-corrected chi connectivity index (χ3v) is 2.42. The fourth-order valence-electron chi connectivity index (χ4n) is 1.67. The van der Waals surface area contributed by atoms with E-state index in [1.54, 1.807) is 0 Å². The molecule has 4 heteroatoms. The summed E-state index contributed by atoms with van der Waals surface area (Å²) in [6.45, 7) is 1.71. The number of hydrogen-bond donors (Lipinski definition) is 1. The van der Waals surface area contributed by atoms with Crippen molar-refractivity contribution in [2.45, 2.75) is 18.6 Å². The molecule has 0 radical (unpaired) electrons. The zero-order chi connectivity index (χ0) is 7.14. The topological polar surface area (TPSA) is 38.5 Å². The highest BCUT2D eigenvalue weighted by Gasteiger charge is 2.39. The number of ether oxygens (including phenoxy) is 1. The molecule has 2 rings (SSSR count). The predicted octanol–water partition coefficient (Wildman–Crippen LogP) is -0.297. The van der Waals surface area contributed by atoms with Gasteiger partial charge in [-0.15, -0.1) is 0 Å². The van der Waals surface area contributed by atoms with E-state index in [0.29, 0.717) is 17.3 Å². The maximum Gasteiger partial charge on any atom is 0.166 e. The predicted molar refractivity (Wildman–Crippen MR) is 41.6 cm³/mol. The highest BCUT2D eigenvalue weighted by atomic mass is 32.1. The van der Waals surface area contributed by atoms with Crippen LogP contribution in [0.2, 0.25) is 0 Å². The summed E-state index contributed by atoms with van der Waals surface area (Å²) in [4.78, 5) is 2.06. The molecule has 2 saturated heterocycles. The van der Waals surface area contributed by atoms with Gasteiger partial charge in [0.05, 0.1) is 18.8 Å². The van der Waals surface area contributed by atoms with E-state index < -0.39 is 0 Å². The van der Waals surface area contributed by atoms with E-state index in [4.69, 9.17) is 22.7 Å². The van der Waals surface area contributed by atoms with Crippen molar-refractivity contribution in [1.82, 2.24) is 4.90 Å². The molecular formula is C6H10N2OS. The van der Waals surface area contributed by atoms with Crippen molar-refractivity contribution in [3.8, 4) is 0 Å². The van der Waals surface area contributed by atoms with Gasteiger partial charge < -0.3 is 15.4 Å². The Bertz CT molecular complexity index is 173. The maximum atomic E-state index is 5.49. The van der Waals surface area contributed by atoms with Gasteiger partial charge in [0.25, 0.3) is 0 Å². The lowest BCUT2D eigenvalue weighted by molar-refractivity contribution is 0.0571. The highest BCUT2D eigenvalue weighted by Crippen LogP contribution is 2.26. The van der Waals surface area contributed by atoms with Gasteiger partial charge in [-0.3, -0.25) is 0 Å². The average molecular weight is 158 g/mol. The van der Waals surface area contributed by atoms with Gasteiger partial charge in [-0.25, -0.2) is 0 Å². The molecule has 0 unspecified atom stereocenters. The van der Waals surface area contributed by atoms with E-state index in [1.165, 1.54) is 0 Å². The molecule has 3 nitrogen and oxygen atoms in total. The number of morpholine rings is 1. The van der Waals surface area contributed by atoms with Crippen LogP contribution < -0.4 is 5.73 Å². The van der Waals surface area contributed by atoms with Gasteiger partial charge in [-0.2, -0.15) is 0 Å². The van der Waals surface area contributed by atoms with Crippen LogP contribution in [0, 0.1) is 0 Å². The normalized spacial score (nSPS) is 37.0. The minimum absolute atomic E-state index is 0.395. The number of fused-ring (bicyclic) bond motifs is 2. The van der Waals surface area contributed by atoms with Crippen molar-refractivity contribution < 1.29 is 4.74 Å². The molecule has 56 valence electrons. The molecule has 0 amide bonds. The van der Waals surface area contributed by atoms with E-state index in [9.17, 15) is 0 Å². The Labute approximate surface area is 65.1 Å². The van der Waals surface area contributed by atoms with E-state index in [0.717, 1.165) is 19.6 Å². The number of thiocarbonyl (C=S) groups is 1. The van der Waals surface area contributed by atoms with Gasteiger partial charge >= 0.3 is 0 Å². The van der Waals surface area contributed by atoms with Crippen LogP contribution >= 0.6 is 12.2 Å². The Morgan fingerprint density at radius 3 is 2.80 bits per heavy atom. The second kappa shape index (κ2) is 2.07. The summed E-state index contributed by atoms with van der Waals surface area (Å²) < 4.78 is 5.38. The molecule has 2 bridgehead atoms. The Balaban J connectivity index is 2.08. The lowest BCUT2D eigenvalue weighted by atomic mass is 10.2. The highest BCUT2D eigenvalue weighted by molar-refractivity contribution is 7.80. The van der Waals surface area contributed by atoms with Crippen LogP contribution in [0.3, 0.4) is 0 Å². The molecule has 0 spiro atoms. The summed E-state index contributed by atoms with van der Waals surface area (Å²) in [6.07, 6.45) is 1.50. The van der Waals surface area contributed by atoms with Crippen molar-refractivity contribution in [3.63, 3.8) is 0 Å². The minimum atomic E-state index is 0.395. The van der Waals surface area contributed by atoms with Crippen LogP contribution in [0.1, 0.15) is 6.42 Å². The van der Waals surface area contributed by atoms with Gasteiger partial charge in [0.2, 0.25) is 0 Å². The number of likely N-dealkylation sites (tertiary alicyclic amines) is 1. The lowest BCUT2D eigenvalue weighted by Crippen LogP contribution is -2.44. The van der Waals surface area contributed by atoms with Gasteiger partial charge in [0.15, 0.2) is 5.11 Å². The second-order valence-corrected chi connectivity index (χ2v) is 3.25. The molecule has 0 aromatic rings. The third kappa shape index (κ3) is 0.793. The minimum Gasteiger partial charge on any atom is -0.376 e. The monoisotopic (exact) mass is 158 g/mol. The first kappa shape index (κ1) is 6.37. The van der Waals surface area contributed by atoms with Crippen molar-refractivity contribution in [1.29, 1.82) is 0 Å². The zero-order valence-corrected chi connectivity index (χ0v) is 6.43. The van der Waals surface area contributed by atoms with Crippen LogP contribution in [0.4, 0.5) is 0 Å². The van der Waals surface area contributed by atoms with Crippen LogP contribution in [0.25, 0.3) is 0 Å². The van der Waals surface area contributed by atoms with Gasteiger partial charge in [-0.05, 0) is 18.6 Å². The SMILES string of the molecule is NC(=S)N1C[C@@H]2C[C@@H]1CO2. The second-order valence-electron chi connectivity index (χ2n) is 2.84. The Kier molecular flexibility index (Phi) is 1.32. The summed E-state index contributed by atoms with van der Waals surface area (Å²) in [7, 11) is 0. The van der Waals surface area contributed by atoms with Crippen molar-refractivity contribution >= 4 is 17.3 Å². The largest absolute Gasteiger partial charge is 0.376 e. The van der Waals surface area contributed by atoms with Crippen LogP contribution in [0.15, 0.2) is 0 Å². The Hall–Kier alpha value is -0.350. The third-order valence-electron chi connectivity index (χ3n) is 2.18. The first-order chi connectivity index (χ1) is 4.77. The molecule has 2 heterocycles. The number of hydrogen-bond acceptors (Lipinski definition) is 2. The van der Waals surface area contributed by atoms with E-state index in [2.05, 4.69) is 4.90 Å². The van der Waals surface area contributed by atoms with E-state index in [-0.39, 0.29) is 0 Å². The number of nitrogens with zero attached hydrogens (tertiary/aromatic N) is 1. The summed E-state index contributed by atoms with van der Waals surface area (Å²) in [5.41, 5.74) is 5.49.